The summed E-state index contributed by atoms with van der Waals surface area (Å²) in [5, 5.41) is 2.88. The zero-order valence-corrected chi connectivity index (χ0v) is 13.7. The number of hydrogen-bond donors (Lipinski definition) is 1. The first-order chi connectivity index (χ1) is 11.7. The van der Waals surface area contributed by atoms with Crippen LogP contribution >= 0.6 is 0 Å². The molecule has 1 aromatic rings. The van der Waals surface area contributed by atoms with E-state index in [2.05, 4.69) is 5.32 Å². The first-order valence-electron chi connectivity index (χ1n) is 7.85. The summed E-state index contributed by atoms with van der Waals surface area (Å²) < 4.78 is 15.6. The molecule has 0 bridgehead atoms. The van der Waals surface area contributed by atoms with E-state index in [1.807, 2.05) is 31.2 Å². The zero-order valence-electron chi connectivity index (χ0n) is 13.7. The molecule has 2 aliphatic heterocycles. The summed E-state index contributed by atoms with van der Waals surface area (Å²) in [7, 11) is 1.57. The van der Waals surface area contributed by atoms with Crippen LogP contribution in [0.15, 0.2) is 35.5 Å². The van der Waals surface area contributed by atoms with Gasteiger partial charge in [0.1, 0.15) is 12.4 Å². The predicted molar refractivity (Wildman–Crippen MR) is 85.5 cm³/mol. The van der Waals surface area contributed by atoms with Crippen LogP contribution in [0.5, 0.6) is 5.75 Å². The van der Waals surface area contributed by atoms with E-state index in [0.717, 1.165) is 11.3 Å². The van der Waals surface area contributed by atoms with Crippen molar-refractivity contribution in [2.24, 2.45) is 0 Å². The van der Waals surface area contributed by atoms with E-state index < -0.39 is 12.0 Å². The monoisotopic (exact) mass is 332 g/mol. The zero-order chi connectivity index (χ0) is 17.1. The number of nitrogens with one attached hydrogen (secondary N) is 1. The Morgan fingerprint density at radius 2 is 2.04 bits per heavy atom. The number of carbonyl (C=O) groups excluding carboxylic acids is 2. The second kappa shape index (κ2) is 6.92. The first kappa shape index (κ1) is 16.3. The van der Waals surface area contributed by atoms with Crippen molar-refractivity contribution in [3.8, 4) is 5.75 Å². The molecule has 2 aliphatic rings. The number of esters is 1. The van der Waals surface area contributed by atoms with Crippen molar-refractivity contribution in [2.75, 3.05) is 33.5 Å². The van der Waals surface area contributed by atoms with Crippen LogP contribution in [0.4, 0.5) is 4.79 Å². The topological polar surface area (TPSA) is 77.1 Å². The SMILES string of the molecule is CCOc1ccc([C@@H]2NC(=O)N(CCOC)C3=C2C(=O)OC3)cc1. The molecule has 1 N–H and O–H groups in total. The maximum atomic E-state index is 12.4. The van der Waals surface area contributed by atoms with Gasteiger partial charge >= 0.3 is 12.0 Å². The third kappa shape index (κ3) is 2.94. The second-order valence-electron chi connectivity index (χ2n) is 5.47. The summed E-state index contributed by atoms with van der Waals surface area (Å²) in [5.41, 5.74) is 1.90. The van der Waals surface area contributed by atoms with E-state index in [-0.39, 0.29) is 12.6 Å². The largest absolute Gasteiger partial charge is 0.494 e. The van der Waals surface area contributed by atoms with Crippen molar-refractivity contribution >= 4 is 12.0 Å². The van der Waals surface area contributed by atoms with Crippen molar-refractivity contribution in [3.63, 3.8) is 0 Å². The van der Waals surface area contributed by atoms with Crippen LogP contribution in [0.2, 0.25) is 0 Å². The van der Waals surface area contributed by atoms with Crippen molar-refractivity contribution in [1.29, 1.82) is 0 Å². The summed E-state index contributed by atoms with van der Waals surface area (Å²) in [5.74, 6) is 0.347. The molecule has 1 atom stereocenters. The molecule has 0 radical (unpaired) electrons. The van der Waals surface area contributed by atoms with Crippen LogP contribution in [0.1, 0.15) is 18.5 Å². The first-order valence-corrected chi connectivity index (χ1v) is 7.85. The van der Waals surface area contributed by atoms with E-state index in [0.29, 0.717) is 31.0 Å². The van der Waals surface area contributed by atoms with Crippen molar-refractivity contribution in [1.82, 2.24) is 10.2 Å². The molecule has 0 fully saturated rings. The van der Waals surface area contributed by atoms with Gasteiger partial charge in [-0.1, -0.05) is 12.1 Å². The van der Waals surface area contributed by atoms with Gasteiger partial charge in [-0.15, -0.1) is 0 Å². The third-order valence-electron chi connectivity index (χ3n) is 4.04. The number of hydrogen-bond acceptors (Lipinski definition) is 5. The van der Waals surface area contributed by atoms with Crippen LogP contribution in [-0.2, 0) is 14.3 Å². The third-order valence-corrected chi connectivity index (χ3v) is 4.04. The van der Waals surface area contributed by atoms with Crippen LogP contribution < -0.4 is 10.1 Å². The Morgan fingerprint density at radius 1 is 1.29 bits per heavy atom. The molecule has 0 spiro atoms. The average Bonchev–Trinajstić information content (AvgIpc) is 2.96. The average molecular weight is 332 g/mol. The molecule has 1 aromatic carbocycles. The van der Waals surface area contributed by atoms with Crippen LogP contribution in [0.25, 0.3) is 0 Å². The minimum atomic E-state index is -0.517. The minimum absolute atomic E-state index is 0.110. The Hall–Kier alpha value is -2.54. The predicted octanol–water partition coefficient (Wildman–Crippen LogP) is 1.61. The standard InChI is InChI=1S/C17H20N2O5/c1-3-23-12-6-4-11(5-7-12)15-14-13(10-24-16(14)20)19(8-9-22-2)17(21)18-15/h4-7,15H,3,8-10H2,1-2H3,(H,18,21)/t15-/m0/s1. The van der Waals surface area contributed by atoms with Gasteiger partial charge in [-0.05, 0) is 24.6 Å². The van der Waals surface area contributed by atoms with Crippen molar-refractivity contribution in [3.05, 3.63) is 41.1 Å². The summed E-state index contributed by atoms with van der Waals surface area (Å²) in [6.45, 7) is 3.35. The number of cyclic esters (lactones) is 1. The van der Waals surface area contributed by atoms with Gasteiger partial charge in [0.15, 0.2) is 0 Å². The van der Waals surface area contributed by atoms with Gasteiger partial charge in [0.05, 0.1) is 37.1 Å². The molecule has 7 heteroatoms. The summed E-state index contributed by atoms with van der Waals surface area (Å²) >= 11 is 0. The normalized spacial score (nSPS) is 19.9. The fourth-order valence-electron chi connectivity index (χ4n) is 2.90. The highest BCUT2D eigenvalue weighted by Gasteiger charge is 2.41. The maximum absolute atomic E-state index is 12.4. The molecule has 0 aliphatic carbocycles. The lowest BCUT2D eigenvalue weighted by molar-refractivity contribution is -0.136. The van der Waals surface area contributed by atoms with E-state index in [9.17, 15) is 9.59 Å². The van der Waals surface area contributed by atoms with Gasteiger partial charge in [0.2, 0.25) is 0 Å². The van der Waals surface area contributed by atoms with E-state index in [1.165, 1.54) is 4.90 Å². The maximum Gasteiger partial charge on any atom is 0.338 e. The molecule has 0 aromatic heterocycles. The molecule has 3 rings (SSSR count). The molecular weight excluding hydrogens is 312 g/mol. The number of rotatable bonds is 6. The molecule has 0 saturated carbocycles. The fraction of sp³-hybridized carbons (Fsp3) is 0.412. The van der Waals surface area contributed by atoms with Gasteiger partial charge in [0.25, 0.3) is 0 Å². The summed E-state index contributed by atoms with van der Waals surface area (Å²) in [6, 6.07) is 6.56. The highest BCUT2D eigenvalue weighted by Crippen LogP contribution is 2.35. The molecule has 2 amide bonds. The Kier molecular flexibility index (Phi) is 4.71. The van der Waals surface area contributed by atoms with Crippen molar-refractivity contribution in [2.45, 2.75) is 13.0 Å². The Morgan fingerprint density at radius 3 is 2.71 bits per heavy atom. The number of benzene rings is 1. The lowest BCUT2D eigenvalue weighted by atomic mass is 9.95. The lowest BCUT2D eigenvalue weighted by Crippen LogP contribution is -2.48. The Labute approximate surface area is 140 Å². The quantitative estimate of drug-likeness (QED) is 0.801. The Balaban J connectivity index is 1.92. The van der Waals surface area contributed by atoms with Gasteiger partial charge < -0.3 is 19.5 Å². The Bertz CT molecular complexity index is 668. The number of carbonyl (C=O) groups is 2. The second-order valence-corrected chi connectivity index (χ2v) is 5.47. The van der Waals surface area contributed by atoms with Gasteiger partial charge in [-0.2, -0.15) is 0 Å². The van der Waals surface area contributed by atoms with E-state index >= 15 is 0 Å². The lowest BCUT2D eigenvalue weighted by Gasteiger charge is -2.32. The molecule has 0 unspecified atom stereocenters. The molecule has 128 valence electrons. The van der Waals surface area contributed by atoms with Gasteiger partial charge in [0, 0.05) is 7.11 Å². The smallest absolute Gasteiger partial charge is 0.338 e. The van der Waals surface area contributed by atoms with Crippen LogP contribution in [-0.4, -0.2) is 50.4 Å². The summed E-state index contributed by atoms with van der Waals surface area (Å²) in [4.78, 5) is 26.1. The number of methoxy groups -OCH3 is 1. The molecule has 7 nitrogen and oxygen atoms in total. The van der Waals surface area contributed by atoms with E-state index in [4.69, 9.17) is 14.2 Å². The van der Waals surface area contributed by atoms with Crippen LogP contribution in [0, 0.1) is 0 Å². The number of ether oxygens (including phenoxy) is 3. The van der Waals surface area contributed by atoms with Gasteiger partial charge in [-0.3, -0.25) is 4.90 Å². The fourth-order valence-corrected chi connectivity index (χ4v) is 2.90. The highest BCUT2D eigenvalue weighted by atomic mass is 16.5. The van der Waals surface area contributed by atoms with Crippen LogP contribution in [0.3, 0.4) is 0 Å². The molecule has 0 saturated heterocycles. The van der Waals surface area contributed by atoms with Crippen molar-refractivity contribution < 1.29 is 23.8 Å². The number of nitrogens with zero attached hydrogens (tertiary/aromatic N) is 1. The van der Waals surface area contributed by atoms with Gasteiger partial charge in [-0.25, -0.2) is 9.59 Å². The minimum Gasteiger partial charge on any atom is -0.494 e. The molecule has 24 heavy (non-hydrogen) atoms. The number of urea groups is 1. The number of amides is 2. The summed E-state index contributed by atoms with van der Waals surface area (Å²) in [6.07, 6.45) is 0. The highest BCUT2D eigenvalue weighted by molar-refractivity contribution is 5.97. The molecular formula is C17H20N2O5. The van der Waals surface area contributed by atoms with E-state index in [1.54, 1.807) is 7.11 Å². The molecule has 2 heterocycles.